The maximum atomic E-state index is 12.5. The second-order valence-corrected chi connectivity index (χ2v) is 6.02. The molecule has 1 aliphatic rings. The van der Waals surface area contributed by atoms with Crippen molar-refractivity contribution in [2.45, 2.75) is 24.8 Å². The third-order valence-corrected chi connectivity index (χ3v) is 4.54. The molecule has 0 radical (unpaired) electrons. The quantitative estimate of drug-likeness (QED) is 0.901. The highest BCUT2D eigenvalue weighted by Crippen LogP contribution is 2.37. The van der Waals surface area contributed by atoms with Gasteiger partial charge in [0.2, 0.25) is 0 Å². The van der Waals surface area contributed by atoms with Crippen LogP contribution in [0.1, 0.15) is 29.6 Å². The van der Waals surface area contributed by atoms with Gasteiger partial charge in [0, 0.05) is 24.7 Å². The molecule has 1 fully saturated rings. The molecule has 0 spiro atoms. The lowest BCUT2D eigenvalue weighted by molar-refractivity contribution is 0.0252. The van der Waals surface area contributed by atoms with Crippen LogP contribution in [0, 0.1) is 0 Å². The number of rotatable bonds is 5. The SMILES string of the molecule is COc1ccc(C(=O)N(C)CC2(N(C)C)CCC2)cc1O. The normalized spacial score (nSPS) is 16.4. The average molecular weight is 292 g/mol. The second-order valence-electron chi connectivity index (χ2n) is 6.02. The number of methoxy groups -OCH3 is 1. The highest BCUT2D eigenvalue weighted by molar-refractivity contribution is 5.94. The summed E-state index contributed by atoms with van der Waals surface area (Å²) in [6.45, 7) is 0.700. The molecule has 0 saturated heterocycles. The van der Waals surface area contributed by atoms with E-state index < -0.39 is 0 Å². The van der Waals surface area contributed by atoms with E-state index in [1.807, 2.05) is 7.05 Å². The zero-order valence-corrected chi connectivity index (χ0v) is 13.2. The maximum absolute atomic E-state index is 12.5. The summed E-state index contributed by atoms with van der Waals surface area (Å²) < 4.78 is 5.00. The Morgan fingerprint density at radius 2 is 2.00 bits per heavy atom. The van der Waals surface area contributed by atoms with Crippen molar-refractivity contribution in [1.82, 2.24) is 9.80 Å². The predicted molar refractivity (Wildman–Crippen MR) is 81.9 cm³/mol. The van der Waals surface area contributed by atoms with Crippen LogP contribution in [0.4, 0.5) is 0 Å². The Morgan fingerprint density at radius 3 is 2.43 bits per heavy atom. The van der Waals surface area contributed by atoms with E-state index in [0.717, 1.165) is 12.8 Å². The fraction of sp³-hybridized carbons (Fsp3) is 0.562. The number of phenolic OH excluding ortho intramolecular Hbond substituents is 1. The molecule has 1 aromatic rings. The molecule has 1 aromatic carbocycles. The molecule has 1 amide bonds. The summed E-state index contributed by atoms with van der Waals surface area (Å²) in [6, 6.07) is 4.75. The highest BCUT2D eigenvalue weighted by Gasteiger charge is 2.40. The van der Waals surface area contributed by atoms with Crippen molar-refractivity contribution in [3.8, 4) is 11.5 Å². The molecule has 0 atom stereocenters. The Bertz CT molecular complexity index is 524. The van der Waals surface area contributed by atoms with Gasteiger partial charge in [-0.3, -0.25) is 4.79 Å². The smallest absolute Gasteiger partial charge is 0.253 e. The second kappa shape index (κ2) is 5.93. The van der Waals surface area contributed by atoms with Crippen LogP contribution in [-0.2, 0) is 0 Å². The summed E-state index contributed by atoms with van der Waals surface area (Å²) in [7, 11) is 7.43. The zero-order chi connectivity index (χ0) is 15.6. The number of hydrogen-bond acceptors (Lipinski definition) is 4. The molecule has 1 N–H and O–H groups in total. The molecule has 116 valence electrons. The maximum Gasteiger partial charge on any atom is 0.253 e. The summed E-state index contributed by atoms with van der Waals surface area (Å²) in [5.41, 5.74) is 0.572. The van der Waals surface area contributed by atoms with Crippen molar-refractivity contribution >= 4 is 5.91 Å². The number of carbonyl (C=O) groups is 1. The van der Waals surface area contributed by atoms with Crippen LogP contribution in [0.15, 0.2) is 18.2 Å². The van der Waals surface area contributed by atoms with Gasteiger partial charge in [-0.2, -0.15) is 0 Å². The van der Waals surface area contributed by atoms with Gasteiger partial charge in [-0.25, -0.2) is 0 Å². The van der Waals surface area contributed by atoms with Crippen LogP contribution in [0.2, 0.25) is 0 Å². The van der Waals surface area contributed by atoms with E-state index in [-0.39, 0.29) is 17.2 Å². The fourth-order valence-corrected chi connectivity index (χ4v) is 2.89. The molecule has 1 saturated carbocycles. The minimum atomic E-state index is -0.0823. The lowest BCUT2D eigenvalue weighted by atomic mass is 9.75. The van der Waals surface area contributed by atoms with Crippen molar-refractivity contribution in [3.05, 3.63) is 23.8 Å². The van der Waals surface area contributed by atoms with Crippen LogP contribution in [0.5, 0.6) is 11.5 Å². The molecule has 0 bridgehead atoms. The number of phenols is 1. The Labute approximate surface area is 126 Å². The predicted octanol–water partition coefficient (Wildman–Crippen LogP) is 1.96. The van der Waals surface area contributed by atoms with E-state index >= 15 is 0 Å². The molecule has 21 heavy (non-hydrogen) atoms. The molecule has 0 aliphatic heterocycles. The molecule has 2 rings (SSSR count). The fourth-order valence-electron chi connectivity index (χ4n) is 2.89. The largest absolute Gasteiger partial charge is 0.504 e. The molecule has 0 aromatic heterocycles. The summed E-state index contributed by atoms with van der Waals surface area (Å²) in [5, 5.41) is 9.80. The lowest BCUT2D eigenvalue weighted by Crippen LogP contribution is -2.57. The summed E-state index contributed by atoms with van der Waals surface area (Å²) in [5.74, 6) is 0.279. The van der Waals surface area contributed by atoms with E-state index in [1.54, 1.807) is 17.0 Å². The third kappa shape index (κ3) is 2.97. The zero-order valence-electron chi connectivity index (χ0n) is 13.2. The Kier molecular flexibility index (Phi) is 4.42. The molecule has 0 heterocycles. The highest BCUT2D eigenvalue weighted by atomic mass is 16.5. The summed E-state index contributed by atoms with van der Waals surface area (Å²) in [4.78, 5) is 16.4. The minimum absolute atomic E-state index is 0.0114. The monoisotopic (exact) mass is 292 g/mol. The Balaban J connectivity index is 2.10. The average Bonchev–Trinajstić information content (AvgIpc) is 2.41. The van der Waals surface area contributed by atoms with Gasteiger partial charge in [-0.1, -0.05) is 0 Å². The van der Waals surface area contributed by atoms with E-state index in [9.17, 15) is 9.90 Å². The van der Waals surface area contributed by atoms with Crippen LogP contribution in [-0.4, -0.2) is 61.2 Å². The van der Waals surface area contributed by atoms with Crippen molar-refractivity contribution in [2.75, 3.05) is 34.8 Å². The number of nitrogens with zero attached hydrogens (tertiary/aromatic N) is 2. The van der Waals surface area contributed by atoms with Gasteiger partial charge in [-0.05, 0) is 51.6 Å². The van der Waals surface area contributed by atoms with Crippen molar-refractivity contribution in [2.24, 2.45) is 0 Å². The van der Waals surface area contributed by atoms with Crippen molar-refractivity contribution < 1.29 is 14.6 Å². The van der Waals surface area contributed by atoms with E-state index in [0.29, 0.717) is 17.9 Å². The number of aromatic hydroxyl groups is 1. The number of carbonyl (C=O) groups excluding carboxylic acids is 1. The first-order chi connectivity index (χ1) is 9.89. The third-order valence-electron chi connectivity index (χ3n) is 4.54. The van der Waals surface area contributed by atoms with Crippen LogP contribution in [0.3, 0.4) is 0 Å². The van der Waals surface area contributed by atoms with Gasteiger partial charge in [0.1, 0.15) is 0 Å². The molecular formula is C16H24N2O3. The van der Waals surface area contributed by atoms with Gasteiger partial charge >= 0.3 is 0 Å². The number of benzene rings is 1. The molecular weight excluding hydrogens is 268 g/mol. The van der Waals surface area contributed by atoms with Gasteiger partial charge in [-0.15, -0.1) is 0 Å². The number of hydrogen-bond donors (Lipinski definition) is 1. The number of ether oxygens (including phenoxy) is 1. The lowest BCUT2D eigenvalue weighted by Gasteiger charge is -2.49. The number of likely N-dealkylation sites (N-methyl/N-ethyl adjacent to an activating group) is 2. The van der Waals surface area contributed by atoms with Crippen molar-refractivity contribution in [3.63, 3.8) is 0 Å². The van der Waals surface area contributed by atoms with Crippen LogP contribution in [0.25, 0.3) is 0 Å². The Hall–Kier alpha value is -1.75. The Morgan fingerprint density at radius 1 is 1.33 bits per heavy atom. The van der Waals surface area contributed by atoms with E-state index in [2.05, 4.69) is 19.0 Å². The first kappa shape index (κ1) is 15.6. The van der Waals surface area contributed by atoms with Gasteiger partial charge < -0.3 is 19.6 Å². The van der Waals surface area contributed by atoms with Crippen LogP contribution >= 0.6 is 0 Å². The van der Waals surface area contributed by atoms with Gasteiger partial charge in [0.05, 0.1) is 7.11 Å². The molecule has 1 aliphatic carbocycles. The first-order valence-corrected chi connectivity index (χ1v) is 7.19. The van der Waals surface area contributed by atoms with Crippen molar-refractivity contribution in [1.29, 1.82) is 0 Å². The summed E-state index contributed by atoms with van der Waals surface area (Å²) >= 11 is 0. The van der Waals surface area contributed by atoms with Gasteiger partial charge in [0.15, 0.2) is 11.5 Å². The standard InChI is InChI=1S/C16H24N2O3/c1-17(2)16(8-5-9-16)11-18(3)15(20)12-6-7-14(21-4)13(19)10-12/h6-7,10,19H,5,8-9,11H2,1-4H3. The molecule has 0 unspecified atom stereocenters. The van der Waals surface area contributed by atoms with E-state index in [1.165, 1.54) is 19.6 Å². The first-order valence-electron chi connectivity index (χ1n) is 7.19. The minimum Gasteiger partial charge on any atom is -0.504 e. The van der Waals surface area contributed by atoms with Crippen LogP contribution < -0.4 is 4.74 Å². The topological polar surface area (TPSA) is 53.0 Å². The summed E-state index contributed by atoms with van der Waals surface area (Å²) in [6.07, 6.45) is 3.44. The molecule has 5 nitrogen and oxygen atoms in total. The molecule has 5 heteroatoms. The van der Waals surface area contributed by atoms with Gasteiger partial charge in [0.25, 0.3) is 5.91 Å². The number of amides is 1. The van der Waals surface area contributed by atoms with E-state index in [4.69, 9.17) is 4.74 Å².